The van der Waals surface area contributed by atoms with E-state index in [9.17, 15) is 9.59 Å². The quantitative estimate of drug-likeness (QED) is 0.749. The summed E-state index contributed by atoms with van der Waals surface area (Å²) in [6.07, 6.45) is 1.38. The molecule has 0 spiro atoms. The highest BCUT2D eigenvalue weighted by Gasteiger charge is 2.25. The van der Waals surface area contributed by atoms with E-state index in [2.05, 4.69) is 5.32 Å². The number of para-hydroxylation sites is 2. The van der Waals surface area contributed by atoms with E-state index in [0.717, 1.165) is 0 Å². The van der Waals surface area contributed by atoms with E-state index < -0.39 is 0 Å². The van der Waals surface area contributed by atoms with Gasteiger partial charge in [0.1, 0.15) is 0 Å². The zero-order valence-electron chi connectivity index (χ0n) is 16.4. The van der Waals surface area contributed by atoms with Crippen LogP contribution in [0, 0.1) is 0 Å². The first kappa shape index (κ1) is 21.0. The second-order valence-corrected chi connectivity index (χ2v) is 7.19. The number of hydrogen-bond acceptors (Lipinski definition) is 4. The van der Waals surface area contributed by atoms with Gasteiger partial charge in [0.2, 0.25) is 0 Å². The summed E-state index contributed by atoms with van der Waals surface area (Å²) in [4.78, 5) is 26.7. The Labute approximate surface area is 175 Å². The molecule has 0 radical (unpaired) electrons. The smallest absolute Gasteiger partial charge is 0.258 e. The van der Waals surface area contributed by atoms with Crippen LogP contribution in [-0.4, -0.2) is 49.1 Å². The van der Waals surface area contributed by atoms with Crippen LogP contribution in [0.5, 0.6) is 11.5 Å². The van der Waals surface area contributed by atoms with Crippen molar-refractivity contribution >= 4 is 23.4 Å². The van der Waals surface area contributed by atoms with Crippen LogP contribution < -0.4 is 14.8 Å². The van der Waals surface area contributed by atoms with Gasteiger partial charge in [0.15, 0.2) is 18.1 Å². The lowest BCUT2D eigenvalue weighted by molar-refractivity contribution is -0.124. The van der Waals surface area contributed by atoms with Crippen LogP contribution in [0.4, 0.5) is 0 Å². The molecule has 1 N–H and O–H groups in total. The van der Waals surface area contributed by atoms with Gasteiger partial charge in [-0.15, -0.1) is 0 Å². The zero-order valence-corrected chi connectivity index (χ0v) is 17.2. The third-order valence-corrected chi connectivity index (χ3v) is 5.09. The Morgan fingerprint density at radius 2 is 1.66 bits per heavy atom. The van der Waals surface area contributed by atoms with Gasteiger partial charge in [0.05, 0.1) is 17.2 Å². The second kappa shape index (κ2) is 10.2. The maximum atomic E-state index is 12.6. The molecule has 7 heteroatoms. The van der Waals surface area contributed by atoms with Crippen molar-refractivity contribution in [2.75, 3.05) is 26.3 Å². The fraction of sp³-hybridized carbons (Fsp3) is 0.364. The first-order valence-corrected chi connectivity index (χ1v) is 10.1. The van der Waals surface area contributed by atoms with Crippen molar-refractivity contribution in [1.82, 2.24) is 10.2 Å². The molecule has 1 fully saturated rings. The van der Waals surface area contributed by atoms with Crippen LogP contribution in [0.3, 0.4) is 0 Å². The van der Waals surface area contributed by atoms with Crippen molar-refractivity contribution in [2.24, 2.45) is 0 Å². The third kappa shape index (κ3) is 5.64. The lowest BCUT2D eigenvalue weighted by atomic mass is 10.0. The highest BCUT2D eigenvalue weighted by molar-refractivity contribution is 6.33. The summed E-state index contributed by atoms with van der Waals surface area (Å²) in [6, 6.07) is 14.3. The number of benzene rings is 2. The van der Waals surface area contributed by atoms with Crippen LogP contribution in [-0.2, 0) is 4.79 Å². The molecule has 2 aromatic carbocycles. The topological polar surface area (TPSA) is 67.9 Å². The number of carbonyl (C=O) groups is 2. The van der Waals surface area contributed by atoms with Crippen molar-refractivity contribution in [1.29, 1.82) is 0 Å². The van der Waals surface area contributed by atoms with Crippen molar-refractivity contribution in [3.8, 4) is 11.5 Å². The maximum absolute atomic E-state index is 12.6. The molecule has 154 valence electrons. The molecule has 1 aliphatic rings. The monoisotopic (exact) mass is 416 g/mol. The van der Waals surface area contributed by atoms with Gasteiger partial charge in [0.25, 0.3) is 11.8 Å². The fourth-order valence-corrected chi connectivity index (χ4v) is 3.51. The van der Waals surface area contributed by atoms with Crippen LogP contribution >= 0.6 is 11.6 Å². The van der Waals surface area contributed by atoms with E-state index in [-0.39, 0.29) is 24.5 Å². The summed E-state index contributed by atoms with van der Waals surface area (Å²) in [5.41, 5.74) is 0.512. The summed E-state index contributed by atoms with van der Waals surface area (Å²) in [6.45, 7) is 3.49. The minimum atomic E-state index is -0.188. The Morgan fingerprint density at radius 1 is 1.03 bits per heavy atom. The SMILES string of the molecule is CCOc1ccccc1OCC(=O)NC1CCN(C(=O)c2ccccc2Cl)CC1. The minimum absolute atomic E-state index is 0.0172. The first-order valence-electron chi connectivity index (χ1n) is 9.76. The molecular formula is C22H25ClN2O4. The van der Waals surface area contributed by atoms with Gasteiger partial charge in [0, 0.05) is 19.1 Å². The molecule has 2 aromatic rings. The molecule has 0 aliphatic carbocycles. The molecule has 0 bridgehead atoms. The number of rotatable bonds is 7. The lowest BCUT2D eigenvalue weighted by Gasteiger charge is -2.32. The summed E-state index contributed by atoms with van der Waals surface area (Å²) >= 11 is 6.12. The molecule has 1 saturated heterocycles. The van der Waals surface area contributed by atoms with Crippen molar-refractivity contribution in [3.05, 3.63) is 59.1 Å². The number of ether oxygens (including phenoxy) is 2. The molecule has 2 amide bonds. The molecule has 0 aromatic heterocycles. The molecule has 3 rings (SSSR count). The van der Waals surface area contributed by atoms with E-state index in [1.807, 2.05) is 25.1 Å². The van der Waals surface area contributed by atoms with Crippen molar-refractivity contribution in [2.45, 2.75) is 25.8 Å². The van der Waals surface area contributed by atoms with Gasteiger partial charge >= 0.3 is 0 Å². The van der Waals surface area contributed by atoms with Crippen LogP contribution in [0.15, 0.2) is 48.5 Å². The highest BCUT2D eigenvalue weighted by Crippen LogP contribution is 2.26. The Kier molecular flexibility index (Phi) is 7.36. The molecule has 1 heterocycles. The molecule has 1 aliphatic heterocycles. The van der Waals surface area contributed by atoms with Crippen molar-refractivity contribution < 1.29 is 19.1 Å². The number of carbonyl (C=O) groups excluding carboxylic acids is 2. The maximum Gasteiger partial charge on any atom is 0.258 e. The Morgan fingerprint density at radius 3 is 2.31 bits per heavy atom. The summed E-state index contributed by atoms with van der Waals surface area (Å²) in [7, 11) is 0. The Bertz CT molecular complexity index is 850. The van der Waals surface area contributed by atoms with E-state index in [0.29, 0.717) is 54.6 Å². The number of nitrogens with one attached hydrogen (secondary N) is 1. The minimum Gasteiger partial charge on any atom is -0.490 e. The Balaban J connectivity index is 1.45. The average Bonchev–Trinajstić information content (AvgIpc) is 2.74. The van der Waals surface area contributed by atoms with Crippen LogP contribution in [0.25, 0.3) is 0 Å². The van der Waals surface area contributed by atoms with E-state index >= 15 is 0 Å². The van der Waals surface area contributed by atoms with Crippen LogP contribution in [0.2, 0.25) is 5.02 Å². The summed E-state index contributed by atoms with van der Waals surface area (Å²) in [5, 5.41) is 3.44. The number of hydrogen-bond donors (Lipinski definition) is 1. The van der Waals surface area contributed by atoms with Crippen molar-refractivity contribution in [3.63, 3.8) is 0 Å². The third-order valence-electron chi connectivity index (χ3n) is 4.76. The van der Waals surface area contributed by atoms with Gasteiger partial charge in [-0.3, -0.25) is 9.59 Å². The number of likely N-dealkylation sites (tertiary alicyclic amines) is 1. The number of amides is 2. The average molecular weight is 417 g/mol. The van der Waals surface area contributed by atoms with Gasteiger partial charge in [-0.25, -0.2) is 0 Å². The normalized spacial score (nSPS) is 14.3. The largest absolute Gasteiger partial charge is 0.490 e. The van der Waals surface area contributed by atoms with Gasteiger partial charge in [-0.05, 0) is 44.0 Å². The standard InChI is InChI=1S/C22H25ClN2O4/c1-2-28-19-9-5-6-10-20(19)29-15-21(26)24-16-11-13-25(14-12-16)22(27)17-7-3-4-8-18(17)23/h3-10,16H,2,11-15H2,1H3,(H,24,26). The highest BCUT2D eigenvalue weighted by atomic mass is 35.5. The zero-order chi connectivity index (χ0) is 20.6. The van der Waals surface area contributed by atoms with Gasteiger partial charge in [-0.1, -0.05) is 35.9 Å². The van der Waals surface area contributed by atoms with E-state index in [4.69, 9.17) is 21.1 Å². The predicted molar refractivity (Wildman–Crippen MR) is 112 cm³/mol. The summed E-state index contributed by atoms with van der Waals surface area (Å²) in [5.74, 6) is 0.905. The molecule has 29 heavy (non-hydrogen) atoms. The number of piperidine rings is 1. The van der Waals surface area contributed by atoms with E-state index in [1.54, 1.807) is 35.2 Å². The summed E-state index contributed by atoms with van der Waals surface area (Å²) < 4.78 is 11.1. The lowest BCUT2D eigenvalue weighted by Crippen LogP contribution is -2.47. The van der Waals surface area contributed by atoms with Crippen LogP contribution in [0.1, 0.15) is 30.1 Å². The molecule has 6 nitrogen and oxygen atoms in total. The fourth-order valence-electron chi connectivity index (χ4n) is 3.29. The number of nitrogens with zero attached hydrogens (tertiary/aromatic N) is 1. The Hall–Kier alpha value is -2.73. The predicted octanol–water partition coefficient (Wildman–Crippen LogP) is 3.54. The molecule has 0 unspecified atom stereocenters. The number of halogens is 1. The molecule has 0 saturated carbocycles. The second-order valence-electron chi connectivity index (χ2n) is 6.78. The molecule has 0 atom stereocenters. The van der Waals surface area contributed by atoms with E-state index in [1.165, 1.54) is 0 Å². The van der Waals surface area contributed by atoms with Gasteiger partial charge < -0.3 is 19.7 Å². The molecular weight excluding hydrogens is 392 g/mol. The van der Waals surface area contributed by atoms with Gasteiger partial charge in [-0.2, -0.15) is 0 Å². The first-order chi connectivity index (χ1) is 14.1.